The zero-order valence-electron chi connectivity index (χ0n) is 11.6. The normalized spacial score (nSPS) is 21.2. The van der Waals surface area contributed by atoms with Gasteiger partial charge in [0, 0.05) is 21.5 Å². The van der Waals surface area contributed by atoms with E-state index in [0.29, 0.717) is 0 Å². The van der Waals surface area contributed by atoms with E-state index in [9.17, 15) is 0 Å². The van der Waals surface area contributed by atoms with E-state index in [4.69, 9.17) is 20.9 Å². The molecule has 5 heteroatoms. The van der Waals surface area contributed by atoms with Crippen molar-refractivity contribution in [1.29, 1.82) is 0 Å². The van der Waals surface area contributed by atoms with Gasteiger partial charge >= 0.3 is 7.12 Å². The second-order valence-corrected chi connectivity index (χ2v) is 6.48. The average Bonchev–Trinajstić information content (AvgIpc) is 2.78. The van der Waals surface area contributed by atoms with Crippen LogP contribution >= 0.6 is 11.6 Å². The van der Waals surface area contributed by atoms with Crippen LogP contribution in [0.1, 0.15) is 27.7 Å². The molecule has 0 bridgehead atoms. The van der Waals surface area contributed by atoms with E-state index >= 15 is 0 Å². The van der Waals surface area contributed by atoms with E-state index in [2.05, 4.69) is 4.98 Å². The molecular weight excluding hydrogens is 260 g/mol. The van der Waals surface area contributed by atoms with Gasteiger partial charge in [0.05, 0.1) is 11.2 Å². The van der Waals surface area contributed by atoms with Crippen LogP contribution in [0.4, 0.5) is 0 Å². The molecule has 3 rings (SSSR count). The third-order valence-corrected chi connectivity index (χ3v) is 4.35. The van der Waals surface area contributed by atoms with Crippen molar-refractivity contribution in [1.82, 2.24) is 4.98 Å². The summed E-state index contributed by atoms with van der Waals surface area (Å²) in [6, 6.07) is 7.80. The Hall–Kier alpha value is -0.965. The Bertz CT molecular complexity index is 619. The zero-order chi connectivity index (χ0) is 13.8. The smallest absolute Gasteiger partial charge is 0.398 e. The molecule has 0 unspecified atom stereocenters. The molecule has 1 saturated heterocycles. The maximum Gasteiger partial charge on any atom is 0.512 e. The molecule has 2 aromatic rings. The molecule has 19 heavy (non-hydrogen) atoms. The molecule has 2 heterocycles. The van der Waals surface area contributed by atoms with Crippen molar-refractivity contribution in [2.24, 2.45) is 0 Å². The van der Waals surface area contributed by atoms with E-state index in [1.165, 1.54) is 0 Å². The van der Waals surface area contributed by atoms with E-state index in [1.807, 2.05) is 52.0 Å². The lowest BCUT2D eigenvalue weighted by Gasteiger charge is -2.32. The first-order valence-corrected chi connectivity index (χ1v) is 6.80. The fraction of sp³-hybridized carbons (Fsp3) is 0.429. The quantitative estimate of drug-likeness (QED) is 0.813. The van der Waals surface area contributed by atoms with Gasteiger partial charge < -0.3 is 14.3 Å². The summed E-state index contributed by atoms with van der Waals surface area (Å²) in [5, 5.41) is 1.80. The van der Waals surface area contributed by atoms with Gasteiger partial charge in [-0.2, -0.15) is 0 Å². The minimum Gasteiger partial charge on any atom is -0.398 e. The van der Waals surface area contributed by atoms with E-state index in [1.54, 1.807) is 0 Å². The van der Waals surface area contributed by atoms with Crippen molar-refractivity contribution < 1.29 is 9.31 Å². The first kappa shape index (κ1) is 13.0. The third kappa shape index (κ3) is 2.08. The van der Waals surface area contributed by atoms with Gasteiger partial charge in [0.2, 0.25) is 0 Å². The predicted molar refractivity (Wildman–Crippen MR) is 79.0 cm³/mol. The Morgan fingerprint density at radius 2 is 1.68 bits per heavy atom. The highest BCUT2D eigenvalue weighted by Crippen LogP contribution is 2.36. The van der Waals surface area contributed by atoms with Crippen LogP contribution in [0.2, 0.25) is 5.02 Å². The fourth-order valence-electron chi connectivity index (χ4n) is 2.22. The van der Waals surface area contributed by atoms with Gasteiger partial charge in [-0.1, -0.05) is 11.6 Å². The van der Waals surface area contributed by atoms with Gasteiger partial charge in [-0.15, -0.1) is 0 Å². The van der Waals surface area contributed by atoms with Crippen molar-refractivity contribution in [3.63, 3.8) is 0 Å². The van der Waals surface area contributed by atoms with Crippen molar-refractivity contribution in [3.8, 4) is 0 Å². The molecule has 0 saturated carbocycles. The molecule has 100 valence electrons. The van der Waals surface area contributed by atoms with Crippen LogP contribution in [-0.4, -0.2) is 23.3 Å². The number of hydrogen-bond donors (Lipinski definition) is 1. The molecule has 1 aliphatic heterocycles. The highest BCUT2D eigenvalue weighted by Gasteiger charge is 2.52. The van der Waals surface area contributed by atoms with Crippen molar-refractivity contribution in [3.05, 3.63) is 29.3 Å². The summed E-state index contributed by atoms with van der Waals surface area (Å²) in [6.45, 7) is 8.19. The van der Waals surface area contributed by atoms with Crippen LogP contribution in [-0.2, 0) is 9.31 Å². The number of aromatic nitrogens is 1. The minimum atomic E-state index is -0.365. The topological polar surface area (TPSA) is 34.2 Å². The molecule has 0 radical (unpaired) electrons. The van der Waals surface area contributed by atoms with Crippen LogP contribution in [0, 0.1) is 0 Å². The van der Waals surface area contributed by atoms with Crippen LogP contribution in [0.25, 0.3) is 10.9 Å². The van der Waals surface area contributed by atoms with Gasteiger partial charge in [0.25, 0.3) is 0 Å². The van der Waals surface area contributed by atoms with E-state index < -0.39 is 0 Å². The molecule has 1 aliphatic rings. The number of nitrogens with one attached hydrogen (secondary N) is 1. The standard InChI is InChI=1S/C14H17BClNO2/c1-13(2)14(3,4)19-15(18-13)12-8-9-7-10(16)5-6-11(9)17-12/h5-8,17H,1-4H3. The lowest BCUT2D eigenvalue weighted by atomic mass is 9.85. The van der Waals surface area contributed by atoms with Crippen LogP contribution < -0.4 is 5.59 Å². The number of hydrogen-bond acceptors (Lipinski definition) is 2. The Labute approximate surface area is 118 Å². The fourth-order valence-corrected chi connectivity index (χ4v) is 2.40. The summed E-state index contributed by atoms with van der Waals surface area (Å²) in [5.41, 5.74) is 1.31. The largest absolute Gasteiger partial charge is 0.512 e. The van der Waals surface area contributed by atoms with Crippen LogP contribution in [0.5, 0.6) is 0 Å². The summed E-state index contributed by atoms with van der Waals surface area (Å²) < 4.78 is 12.0. The number of benzene rings is 1. The molecule has 0 spiro atoms. The highest BCUT2D eigenvalue weighted by atomic mass is 35.5. The summed E-state index contributed by atoms with van der Waals surface area (Å²) in [4.78, 5) is 3.33. The first-order chi connectivity index (χ1) is 8.78. The lowest BCUT2D eigenvalue weighted by molar-refractivity contribution is 0.00578. The molecule has 1 aromatic carbocycles. The number of aromatic amines is 1. The molecule has 1 fully saturated rings. The monoisotopic (exact) mass is 277 g/mol. The average molecular weight is 278 g/mol. The minimum absolute atomic E-state index is 0.327. The Morgan fingerprint density at radius 3 is 2.32 bits per heavy atom. The molecule has 0 aliphatic carbocycles. The SMILES string of the molecule is CC1(C)OB(c2cc3cc(Cl)ccc3[nH]2)OC1(C)C. The van der Waals surface area contributed by atoms with E-state index in [-0.39, 0.29) is 18.3 Å². The second kappa shape index (κ2) is 4.01. The summed E-state index contributed by atoms with van der Waals surface area (Å²) >= 11 is 6.00. The van der Waals surface area contributed by atoms with Crippen molar-refractivity contribution in [2.45, 2.75) is 38.9 Å². The molecular formula is C14H17BClNO2. The summed E-state index contributed by atoms with van der Waals surface area (Å²) in [6.07, 6.45) is 0. The van der Waals surface area contributed by atoms with Gasteiger partial charge in [-0.05, 0) is 52.0 Å². The molecule has 0 amide bonds. The summed E-state index contributed by atoms with van der Waals surface area (Å²) in [7, 11) is -0.365. The van der Waals surface area contributed by atoms with Crippen molar-refractivity contribution in [2.75, 3.05) is 0 Å². The van der Waals surface area contributed by atoms with Gasteiger partial charge in [0.1, 0.15) is 0 Å². The Balaban J connectivity index is 1.98. The Morgan fingerprint density at radius 1 is 1.05 bits per heavy atom. The molecule has 3 nitrogen and oxygen atoms in total. The van der Waals surface area contributed by atoms with Gasteiger partial charge in [0.15, 0.2) is 0 Å². The highest BCUT2D eigenvalue weighted by molar-refractivity contribution is 6.61. The second-order valence-electron chi connectivity index (χ2n) is 6.04. The van der Waals surface area contributed by atoms with E-state index in [0.717, 1.165) is 21.5 Å². The molecule has 1 N–H and O–H groups in total. The number of halogens is 1. The zero-order valence-corrected chi connectivity index (χ0v) is 12.3. The molecule has 1 aromatic heterocycles. The predicted octanol–water partition coefficient (Wildman–Crippen LogP) is 3.12. The van der Waals surface area contributed by atoms with Crippen molar-refractivity contribution >= 4 is 35.2 Å². The third-order valence-electron chi connectivity index (χ3n) is 4.11. The first-order valence-electron chi connectivity index (χ1n) is 6.42. The number of fused-ring (bicyclic) bond motifs is 1. The number of H-pyrrole nitrogens is 1. The maximum absolute atomic E-state index is 6.02. The summed E-state index contributed by atoms with van der Waals surface area (Å²) in [5.74, 6) is 0. The molecule has 0 atom stereocenters. The number of rotatable bonds is 1. The van der Waals surface area contributed by atoms with Crippen LogP contribution in [0.15, 0.2) is 24.3 Å². The lowest BCUT2D eigenvalue weighted by Crippen LogP contribution is -2.41. The van der Waals surface area contributed by atoms with Gasteiger partial charge in [-0.3, -0.25) is 0 Å². The maximum atomic E-state index is 6.02. The van der Waals surface area contributed by atoms with Gasteiger partial charge in [-0.25, -0.2) is 0 Å². The Kier molecular flexibility index (Phi) is 2.75. The van der Waals surface area contributed by atoms with Crippen LogP contribution in [0.3, 0.4) is 0 Å².